The molecule has 3 aliphatic carbocycles. The molecule has 30 heavy (non-hydrogen) atoms. The molecule has 5 rings (SSSR count). The highest BCUT2D eigenvalue weighted by molar-refractivity contribution is 5.49. The number of nitrogens with one attached hydrogen (secondary N) is 1. The fourth-order valence-corrected chi connectivity index (χ4v) is 7.49. The maximum Gasteiger partial charge on any atom is 0.0702 e. The molecule has 1 aromatic carbocycles. The second-order valence-corrected chi connectivity index (χ2v) is 11.2. The van der Waals surface area contributed by atoms with Crippen molar-refractivity contribution in [1.82, 2.24) is 5.32 Å². The van der Waals surface area contributed by atoms with Crippen molar-refractivity contribution in [3.05, 3.63) is 46.0 Å². The quantitative estimate of drug-likeness (QED) is 0.626. The average Bonchev–Trinajstić information content (AvgIpc) is 3.09. The molecule has 0 bridgehead atoms. The zero-order valence-electron chi connectivity index (χ0n) is 19.1. The summed E-state index contributed by atoms with van der Waals surface area (Å²) in [4.78, 5) is 0. The molecule has 0 radical (unpaired) electrons. The highest BCUT2D eigenvalue weighted by Crippen LogP contribution is 2.60. The smallest absolute Gasteiger partial charge is 0.0702 e. The minimum atomic E-state index is -0.265. The van der Waals surface area contributed by atoms with Crippen molar-refractivity contribution in [2.75, 3.05) is 6.54 Å². The fraction of sp³-hybridized carbons (Fsp3) is 0.704. The van der Waals surface area contributed by atoms with E-state index in [0.29, 0.717) is 23.7 Å². The lowest BCUT2D eigenvalue weighted by atomic mass is 9.57. The summed E-state index contributed by atoms with van der Waals surface area (Å²) in [5.41, 5.74) is 7.79. The van der Waals surface area contributed by atoms with Crippen molar-refractivity contribution in [2.24, 2.45) is 17.3 Å². The summed E-state index contributed by atoms with van der Waals surface area (Å²) in [7, 11) is 0. The van der Waals surface area contributed by atoms with Gasteiger partial charge in [0.05, 0.1) is 12.2 Å². The van der Waals surface area contributed by atoms with Crippen LogP contribution in [0.4, 0.5) is 0 Å². The number of allylic oxidation sites excluding steroid dienone is 1. The van der Waals surface area contributed by atoms with Gasteiger partial charge in [-0.2, -0.15) is 0 Å². The van der Waals surface area contributed by atoms with E-state index in [2.05, 4.69) is 51.2 Å². The van der Waals surface area contributed by atoms with E-state index in [-0.39, 0.29) is 23.7 Å². The summed E-state index contributed by atoms with van der Waals surface area (Å²) in [6.45, 7) is 10.3. The third-order valence-electron chi connectivity index (χ3n) is 9.40. The van der Waals surface area contributed by atoms with Crippen LogP contribution in [0.3, 0.4) is 0 Å². The Labute approximate surface area is 182 Å². The first-order valence-corrected chi connectivity index (χ1v) is 12.2. The molecule has 0 spiro atoms. The van der Waals surface area contributed by atoms with E-state index < -0.39 is 0 Å². The SMILES string of the molecule is Cc1c(C(C)[C@@H]2NC[C@@H](C)C[C@H]2O)ccc2c1C[C@H]1[C@H]2CC=C2C[C@@H](O)CC[C@@]21C. The molecule has 1 saturated carbocycles. The van der Waals surface area contributed by atoms with Crippen LogP contribution in [0, 0.1) is 24.2 Å². The topological polar surface area (TPSA) is 52.5 Å². The molecule has 1 saturated heterocycles. The zero-order chi connectivity index (χ0) is 21.2. The van der Waals surface area contributed by atoms with Crippen molar-refractivity contribution >= 4 is 0 Å². The summed E-state index contributed by atoms with van der Waals surface area (Å²) < 4.78 is 0. The van der Waals surface area contributed by atoms with E-state index in [1.807, 2.05) is 0 Å². The number of rotatable bonds is 2. The van der Waals surface area contributed by atoms with Gasteiger partial charge in [0, 0.05) is 6.04 Å². The van der Waals surface area contributed by atoms with E-state index in [1.165, 1.54) is 23.1 Å². The predicted octanol–water partition coefficient (Wildman–Crippen LogP) is 4.59. The summed E-state index contributed by atoms with van der Waals surface area (Å²) in [6, 6.07) is 4.92. The molecule has 1 heterocycles. The van der Waals surface area contributed by atoms with Gasteiger partial charge in [-0.3, -0.25) is 0 Å². The fourth-order valence-electron chi connectivity index (χ4n) is 7.49. The minimum absolute atomic E-state index is 0.143. The zero-order valence-corrected chi connectivity index (χ0v) is 19.1. The van der Waals surface area contributed by atoms with Crippen LogP contribution in [0.15, 0.2) is 23.8 Å². The first-order chi connectivity index (χ1) is 14.3. The molecule has 3 nitrogen and oxygen atoms in total. The Kier molecular flexibility index (Phi) is 5.16. The number of aliphatic hydroxyl groups excluding tert-OH is 2. The van der Waals surface area contributed by atoms with E-state index in [9.17, 15) is 10.2 Å². The number of hydrogen-bond donors (Lipinski definition) is 3. The molecule has 0 aromatic heterocycles. The summed E-state index contributed by atoms with van der Waals surface area (Å²) in [6.07, 6.45) is 8.20. The molecule has 1 aromatic rings. The van der Waals surface area contributed by atoms with Gasteiger partial charge in [-0.25, -0.2) is 0 Å². The van der Waals surface area contributed by atoms with E-state index in [1.54, 1.807) is 11.1 Å². The van der Waals surface area contributed by atoms with Gasteiger partial charge in [-0.15, -0.1) is 0 Å². The standard InChI is InChI=1S/C27H39NO2/c1-15-11-25(30)26(28-14-15)17(3)20-7-8-21-22-6-5-18-12-19(29)9-10-27(18,4)24(22)13-23(21)16(20)2/h5,7-8,15,17,19,22,24-26,28-30H,6,9-14H2,1-4H3/t15-,17?,19-,22-,24-,25+,26-,27-/m0/s1. The van der Waals surface area contributed by atoms with Crippen LogP contribution in [-0.2, 0) is 6.42 Å². The normalized spacial score (nSPS) is 41.5. The van der Waals surface area contributed by atoms with Crippen LogP contribution in [0.1, 0.15) is 87.0 Å². The molecule has 8 atom stereocenters. The van der Waals surface area contributed by atoms with Gasteiger partial charge >= 0.3 is 0 Å². The van der Waals surface area contributed by atoms with Crippen molar-refractivity contribution in [3.63, 3.8) is 0 Å². The van der Waals surface area contributed by atoms with Crippen molar-refractivity contribution in [3.8, 4) is 0 Å². The van der Waals surface area contributed by atoms with Gasteiger partial charge < -0.3 is 15.5 Å². The molecule has 3 N–H and O–H groups in total. The molecular weight excluding hydrogens is 370 g/mol. The Morgan fingerprint density at radius 2 is 2.00 bits per heavy atom. The van der Waals surface area contributed by atoms with Gasteiger partial charge in [0.2, 0.25) is 0 Å². The Hall–Kier alpha value is -1.16. The molecule has 1 unspecified atom stereocenters. The number of aliphatic hydroxyl groups is 2. The van der Waals surface area contributed by atoms with Crippen LogP contribution >= 0.6 is 0 Å². The Morgan fingerprint density at radius 3 is 2.77 bits per heavy atom. The van der Waals surface area contributed by atoms with Crippen LogP contribution in [-0.4, -0.2) is 35.0 Å². The Morgan fingerprint density at radius 1 is 1.20 bits per heavy atom. The molecule has 0 amide bonds. The lowest BCUT2D eigenvalue weighted by Crippen LogP contribution is -2.50. The third-order valence-corrected chi connectivity index (χ3v) is 9.40. The van der Waals surface area contributed by atoms with Crippen LogP contribution < -0.4 is 5.32 Å². The van der Waals surface area contributed by atoms with Gasteiger partial charge in [-0.05, 0) is 103 Å². The summed E-state index contributed by atoms with van der Waals surface area (Å²) >= 11 is 0. The highest BCUT2D eigenvalue weighted by Gasteiger charge is 2.50. The number of benzene rings is 1. The van der Waals surface area contributed by atoms with Crippen molar-refractivity contribution in [1.29, 1.82) is 0 Å². The van der Waals surface area contributed by atoms with Gasteiger partial charge in [0.15, 0.2) is 0 Å². The monoisotopic (exact) mass is 409 g/mol. The van der Waals surface area contributed by atoms with Crippen LogP contribution in [0.5, 0.6) is 0 Å². The predicted molar refractivity (Wildman–Crippen MR) is 122 cm³/mol. The first-order valence-electron chi connectivity index (χ1n) is 12.2. The van der Waals surface area contributed by atoms with Crippen LogP contribution in [0.25, 0.3) is 0 Å². The van der Waals surface area contributed by atoms with Gasteiger partial charge in [0.1, 0.15) is 0 Å². The lowest BCUT2D eigenvalue weighted by molar-refractivity contribution is 0.0656. The highest BCUT2D eigenvalue weighted by atomic mass is 16.3. The van der Waals surface area contributed by atoms with E-state index >= 15 is 0 Å². The Bertz CT molecular complexity index is 861. The summed E-state index contributed by atoms with van der Waals surface area (Å²) in [5, 5.41) is 24.6. The number of hydrogen-bond acceptors (Lipinski definition) is 3. The molecule has 2 fully saturated rings. The van der Waals surface area contributed by atoms with E-state index in [0.717, 1.165) is 38.6 Å². The number of fused-ring (bicyclic) bond motifs is 5. The maximum absolute atomic E-state index is 10.7. The molecular formula is C27H39NO2. The van der Waals surface area contributed by atoms with E-state index in [4.69, 9.17) is 0 Å². The largest absolute Gasteiger partial charge is 0.393 e. The molecule has 1 aliphatic heterocycles. The Balaban J connectivity index is 1.44. The maximum atomic E-state index is 10.7. The second kappa shape index (κ2) is 7.46. The second-order valence-electron chi connectivity index (χ2n) is 11.2. The van der Waals surface area contributed by atoms with Gasteiger partial charge in [-0.1, -0.05) is 44.6 Å². The lowest BCUT2D eigenvalue weighted by Gasteiger charge is -2.48. The third kappa shape index (κ3) is 3.12. The molecule has 164 valence electrons. The number of piperidine rings is 1. The van der Waals surface area contributed by atoms with Crippen molar-refractivity contribution in [2.45, 2.75) is 96.3 Å². The first kappa shape index (κ1) is 20.7. The van der Waals surface area contributed by atoms with Crippen molar-refractivity contribution < 1.29 is 10.2 Å². The summed E-state index contributed by atoms with van der Waals surface area (Å²) in [5.74, 6) is 2.16. The molecule has 4 aliphatic rings. The average molecular weight is 410 g/mol. The minimum Gasteiger partial charge on any atom is -0.393 e. The van der Waals surface area contributed by atoms with Crippen LogP contribution in [0.2, 0.25) is 0 Å². The molecule has 3 heteroatoms. The van der Waals surface area contributed by atoms with Gasteiger partial charge in [0.25, 0.3) is 0 Å².